The Labute approximate surface area is 122 Å². The van der Waals surface area contributed by atoms with Gasteiger partial charge in [0.25, 0.3) is 0 Å². The molecular formula is C13H10ClN3O2S. The molecule has 5 nitrogen and oxygen atoms in total. The van der Waals surface area contributed by atoms with Crippen LogP contribution >= 0.6 is 22.9 Å². The van der Waals surface area contributed by atoms with Crippen molar-refractivity contribution in [1.82, 2.24) is 9.97 Å². The number of hydrogen-bond acceptors (Lipinski definition) is 4. The SMILES string of the molecule is O=c1[nH]c2ccc(NCc3cc(Cl)cs3)cc2[nH]c1=O. The van der Waals surface area contributed by atoms with Crippen LogP contribution in [0, 0.1) is 0 Å². The molecule has 0 unspecified atom stereocenters. The summed E-state index contributed by atoms with van der Waals surface area (Å²) in [5.41, 5.74) is 0.735. The minimum Gasteiger partial charge on any atom is -0.380 e. The summed E-state index contributed by atoms with van der Waals surface area (Å²) in [5, 5.41) is 5.84. The van der Waals surface area contributed by atoms with Crippen LogP contribution in [0.15, 0.2) is 39.2 Å². The smallest absolute Gasteiger partial charge is 0.314 e. The third kappa shape index (κ3) is 2.61. The predicted octanol–water partition coefficient (Wildman–Crippen LogP) is 2.54. The number of thiophene rings is 1. The number of H-pyrrole nitrogens is 2. The molecule has 0 aliphatic carbocycles. The average molecular weight is 308 g/mol. The Morgan fingerprint density at radius 3 is 2.55 bits per heavy atom. The number of halogens is 1. The maximum atomic E-state index is 11.3. The molecule has 3 aromatic rings. The lowest BCUT2D eigenvalue weighted by Crippen LogP contribution is -2.28. The highest BCUT2D eigenvalue weighted by Gasteiger charge is 2.02. The second kappa shape index (κ2) is 5.15. The van der Waals surface area contributed by atoms with E-state index in [1.54, 1.807) is 23.5 Å². The van der Waals surface area contributed by atoms with Gasteiger partial charge in [0.15, 0.2) is 0 Å². The van der Waals surface area contributed by atoms with Crippen molar-refractivity contribution >= 4 is 39.7 Å². The highest BCUT2D eigenvalue weighted by molar-refractivity contribution is 7.10. The number of nitrogens with one attached hydrogen (secondary N) is 3. The van der Waals surface area contributed by atoms with Crippen molar-refractivity contribution in [2.75, 3.05) is 5.32 Å². The van der Waals surface area contributed by atoms with Crippen molar-refractivity contribution in [2.45, 2.75) is 6.54 Å². The van der Waals surface area contributed by atoms with Gasteiger partial charge in [0, 0.05) is 22.5 Å². The summed E-state index contributed by atoms with van der Waals surface area (Å²) in [6.07, 6.45) is 0. The van der Waals surface area contributed by atoms with Gasteiger partial charge in [-0.25, -0.2) is 0 Å². The van der Waals surface area contributed by atoms with E-state index in [9.17, 15) is 9.59 Å². The Morgan fingerprint density at radius 2 is 1.85 bits per heavy atom. The lowest BCUT2D eigenvalue weighted by molar-refractivity contribution is 1.14. The van der Waals surface area contributed by atoms with Gasteiger partial charge in [-0.15, -0.1) is 11.3 Å². The monoisotopic (exact) mass is 307 g/mol. The molecule has 2 aromatic heterocycles. The maximum Gasteiger partial charge on any atom is 0.314 e. The average Bonchev–Trinajstić information content (AvgIpc) is 2.84. The van der Waals surface area contributed by atoms with Crippen LogP contribution in [-0.4, -0.2) is 9.97 Å². The zero-order chi connectivity index (χ0) is 14.1. The molecule has 20 heavy (non-hydrogen) atoms. The lowest BCUT2D eigenvalue weighted by Gasteiger charge is -2.06. The third-order valence-electron chi connectivity index (χ3n) is 2.81. The first kappa shape index (κ1) is 13.0. The van der Waals surface area contributed by atoms with Gasteiger partial charge in [-0.3, -0.25) is 9.59 Å². The molecular weight excluding hydrogens is 298 g/mol. The zero-order valence-electron chi connectivity index (χ0n) is 10.2. The number of benzene rings is 1. The molecule has 102 valence electrons. The van der Waals surface area contributed by atoms with E-state index >= 15 is 0 Å². The first-order valence-electron chi connectivity index (χ1n) is 5.85. The highest BCUT2D eigenvalue weighted by atomic mass is 35.5. The minimum atomic E-state index is -0.653. The zero-order valence-corrected chi connectivity index (χ0v) is 11.8. The van der Waals surface area contributed by atoms with Crippen LogP contribution in [0.25, 0.3) is 11.0 Å². The minimum absolute atomic E-state index is 0.587. The Balaban J connectivity index is 1.87. The van der Waals surface area contributed by atoms with E-state index in [1.165, 1.54) is 0 Å². The van der Waals surface area contributed by atoms with E-state index in [4.69, 9.17) is 11.6 Å². The van der Waals surface area contributed by atoms with Crippen molar-refractivity contribution in [3.05, 3.63) is 60.3 Å². The van der Waals surface area contributed by atoms with Crippen LogP contribution in [0.3, 0.4) is 0 Å². The Hall–Kier alpha value is -2.05. The number of rotatable bonds is 3. The number of anilines is 1. The van der Waals surface area contributed by atoms with Crippen molar-refractivity contribution < 1.29 is 0 Å². The summed E-state index contributed by atoms with van der Waals surface area (Å²) < 4.78 is 0. The molecule has 1 aromatic carbocycles. The van der Waals surface area contributed by atoms with Crippen LogP contribution in [-0.2, 0) is 6.54 Å². The molecule has 3 rings (SSSR count). The second-order valence-electron chi connectivity index (χ2n) is 4.25. The standard InChI is InChI=1S/C13H10ClN3O2S/c14-7-3-9(20-6-7)5-15-8-1-2-10-11(4-8)17-13(19)12(18)16-10/h1-4,6,15H,5H2,(H,16,18)(H,17,19). The number of aromatic amines is 2. The summed E-state index contributed by atoms with van der Waals surface area (Å²) in [4.78, 5) is 28.7. The molecule has 3 N–H and O–H groups in total. The van der Waals surface area contributed by atoms with Crippen molar-refractivity contribution in [2.24, 2.45) is 0 Å². The van der Waals surface area contributed by atoms with Gasteiger partial charge in [-0.1, -0.05) is 11.6 Å². The summed E-state index contributed by atoms with van der Waals surface area (Å²) in [6, 6.07) is 7.27. The van der Waals surface area contributed by atoms with E-state index in [1.807, 2.05) is 17.5 Å². The summed E-state index contributed by atoms with van der Waals surface area (Å²) >= 11 is 7.44. The van der Waals surface area contributed by atoms with Crippen LogP contribution in [0.2, 0.25) is 5.02 Å². The molecule has 0 fully saturated rings. The van der Waals surface area contributed by atoms with Crippen LogP contribution < -0.4 is 16.4 Å². The van der Waals surface area contributed by atoms with Crippen molar-refractivity contribution in [3.8, 4) is 0 Å². The molecule has 0 radical (unpaired) electrons. The van der Waals surface area contributed by atoms with E-state index in [0.29, 0.717) is 17.6 Å². The number of hydrogen-bond donors (Lipinski definition) is 3. The van der Waals surface area contributed by atoms with Gasteiger partial charge in [0.2, 0.25) is 0 Å². The highest BCUT2D eigenvalue weighted by Crippen LogP contribution is 2.21. The fourth-order valence-electron chi connectivity index (χ4n) is 1.86. The van der Waals surface area contributed by atoms with Gasteiger partial charge in [-0.05, 0) is 24.3 Å². The predicted molar refractivity (Wildman–Crippen MR) is 81.8 cm³/mol. The quantitative estimate of drug-likeness (QED) is 0.651. The molecule has 0 bridgehead atoms. The fourth-order valence-corrected chi connectivity index (χ4v) is 2.87. The van der Waals surface area contributed by atoms with Crippen LogP contribution in [0.1, 0.15) is 4.88 Å². The van der Waals surface area contributed by atoms with E-state index in [2.05, 4.69) is 15.3 Å². The fraction of sp³-hybridized carbons (Fsp3) is 0.0769. The van der Waals surface area contributed by atoms with Gasteiger partial charge >= 0.3 is 11.1 Å². The normalized spacial score (nSPS) is 10.8. The lowest BCUT2D eigenvalue weighted by atomic mass is 10.2. The Morgan fingerprint density at radius 1 is 1.10 bits per heavy atom. The molecule has 0 saturated heterocycles. The summed E-state index contributed by atoms with van der Waals surface area (Å²) in [6.45, 7) is 0.649. The van der Waals surface area contributed by atoms with E-state index in [-0.39, 0.29) is 0 Å². The van der Waals surface area contributed by atoms with Gasteiger partial charge in [0.05, 0.1) is 16.1 Å². The maximum absolute atomic E-state index is 11.3. The van der Waals surface area contributed by atoms with E-state index in [0.717, 1.165) is 15.6 Å². The number of aromatic nitrogens is 2. The molecule has 0 aliphatic rings. The molecule has 0 spiro atoms. The van der Waals surface area contributed by atoms with Crippen LogP contribution in [0.4, 0.5) is 5.69 Å². The molecule has 7 heteroatoms. The molecule has 0 saturated carbocycles. The summed E-state index contributed by atoms with van der Waals surface area (Å²) in [5.74, 6) is 0. The van der Waals surface area contributed by atoms with Crippen molar-refractivity contribution in [3.63, 3.8) is 0 Å². The van der Waals surface area contributed by atoms with Gasteiger partial charge < -0.3 is 15.3 Å². The first-order valence-corrected chi connectivity index (χ1v) is 7.11. The Kier molecular flexibility index (Phi) is 3.33. The third-order valence-corrected chi connectivity index (χ3v) is 4.10. The van der Waals surface area contributed by atoms with Crippen molar-refractivity contribution in [1.29, 1.82) is 0 Å². The largest absolute Gasteiger partial charge is 0.380 e. The van der Waals surface area contributed by atoms with Gasteiger partial charge in [0.1, 0.15) is 0 Å². The van der Waals surface area contributed by atoms with Gasteiger partial charge in [-0.2, -0.15) is 0 Å². The molecule has 0 atom stereocenters. The second-order valence-corrected chi connectivity index (χ2v) is 5.69. The summed E-state index contributed by atoms with van der Waals surface area (Å²) in [7, 11) is 0. The number of fused-ring (bicyclic) bond motifs is 1. The molecule has 0 amide bonds. The Bertz CT molecular complexity index is 881. The molecule has 0 aliphatic heterocycles. The topological polar surface area (TPSA) is 77.8 Å². The first-order chi connectivity index (χ1) is 9.61. The van der Waals surface area contributed by atoms with E-state index < -0.39 is 11.1 Å². The molecule has 2 heterocycles. The van der Waals surface area contributed by atoms with Crippen LogP contribution in [0.5, 0.6) is 0 Å².